The first-order chi connectivity index (χ1) is 6.31. The predicted molar refractivity (Wildman–Crippen MR) is 26.7 cm³/mol. The molecular formula is C4F9NO. The first kappa shape index (κ1) is 14.0. The largest absolute Gasteiger partial charge is 0.435 e. The minimum atomic E-state index is -6.90. The Labute approximate surface area is 75.0 Å². The Balaban J connectivity index is 5.89. The molecule has 0 aliphatic carbocycles. The fraction of sp³-hybridized carbons (Fsp3) is 1.00. The number of halogens is 9. The molecule has 15 heavy (non-hydrogen) atoms. The minimum absolute atomic E-state index is 0.208. The van der Waals surface area contributed by atoms with E-state index in [2.05, 4.69) is 0 Å². The molecule has 2 nitrogen and oxygen atoms in total. The van der Waals surface area contributed by atoms with Gasteiger partial charge in [0.05, 0.1) is 0 Å². The molecule has 11 heteroatoms. The maximum Gasteiger partial charge on any atom is 0.435 e. The highest BCUT2D eigenvalue weighted by Gasteiger charge is 2.86. The van der Waals surface area contributed by atoms with Crippen LogP contribution < -0.4 is 0 Å². The molecule has 0 heterocycles. The lowest BCUT2D eigenvalue weighted by Crippen LogP contribution is -2.64. The highest BCUT2D eigenvalue weighted by molar-refractivity contribution is 5.07. The zero-order valence-electron chi connectivity index (χ0n) is 6.26. The van der Waals surface area contributed by atoms with Crippen molar-refractivity contribution in [3.63, 3.8) is 0 Å². The van der Waals surface area contributed by atoms with E-state index < -0.39 is 24.1 Å². The topological polar surface area (TPSA) is 29.4 Å². The van der Waals surface area contributed by atoms with Crippen LogP contribution in [0.25, 0.3) is 0 Å². The van der Waals surface area contributed by atoms with Crippen molar-refractivity contribution in [3.8, 4) is 0 Å². The molecule has 0 aromatic rings. The average Bonchev–Trinajstić information content (AvgIpc) is 1.76. The van der Waals surface area contributed by atoms with Crippen LogP contribution in [-0.2, 0) is 0 Å². The van der Waals surface area contributed by atoms with Gasteiger partial charge in [0.2, 0.25) is 0 Å². The van der Waals surface area contributed by atoms with Gasteiger partial charge in [0, 0.05) is 0 Å². The smallest absolute Gasteiger partial charge is 0.167 e. The van der Waals surface area contributed by atoms with E-state index in [9.17, 15) is 44.4 Å². The summed E-state index contributed by atoms with van der Waals surface area (Å²) in [6.45, 7) is 0. The fourth-order valence-electron chi connectivity index (χ4n) is 0.637. The third-order valence-corrected chi connectivity index (χ3v) is 1.37. The fourth-order valence-corrected chi connectivity index (χ4v) is 0.637. The van der Waals surface area contributed by atoms with Crippen molar-refractivity contribution in [2.75, 3.05) is 0 Å². The summed E-state index contributed by atoms with van der Waals surface area (Å²) in [4.78, 5) is 9.36. The van der Waals surface area contributed by atoms with E-state index in [-0.39, 0.29) is 5.18 Å². The highest BCUT2D eigenvalue weighted by Crippen LogP contribution is 2.54. The van der Waals surface area contributed by atoms with Crippen LogP contribution in [0.5, 0.6) is 0 Å². The molecule has 0 unspecified atom stereocenters. The molecule has 0 saturated heterocycles. The van der Waals surface area contributed by atoms with Gasteiger partial charge >= 0.3 is 24.1 Å². The summed E-state index contributed by atoms with van der Waals surface area (Å²) in [7, 11) is 0. The van der Waals surface area contributed by atoms with E-state index in [4.69, 9.17) is 0 Å². The number of hydrogen-bond acceptors (Lipinski definition) is 2. The Hall–Kier alpha value is -1.03. The van der Waals surface area contributed by atoms with E-state index in [1.807, 2.05) is 0 Å². The Bertz CT molecular complexity index is 210. The lowest BCUT2D eigenvalue weighted by molar-refractivity contribution is -0.377. The van der Waals surface area contributed by atoms with Crippen molar-refractivity contribution >= 4 is 0 Å². The molecule has 0 saturated carbocycles. The second kappa shape index (κ2) is 3.23. The summed E-state index contributed by atoms with van der Waals surface area (Å²) in [5, 5.41) is 0.208. The number of hydrogen-bond donors (Lipinski definition) is 0. The molecule has 0 radical (unpaired) electrons. The molecule has 0 N–H and O–H groups in total. The molecule has 0 fully saturated rings. The van der Waals surface area contributed by atoms with Crippen LogP contribution in [0.1, 0.15) is 0 Å². The third-order valence-electron chi connectivity index (χ3n) is 1.37. The molecule has 0 aliphatic rings. The number of nitroso groups, excluding NO2 is 1. The highest BCUT2D eigenvalue weighted by atomic mass is 19.4. The molecule has 0 bridgehead atoms. The Morgan fingerprint density at radius 1 is 0.600 bits per heavy atom. The SMILES string of the molecule is O=NC(C(F)(F)F)(C(F)(F)F)C(F)(F)F. The van der Waals surface area contributed by atoms with Crippen molar-refractivity contribution < 1.29 is 39.5 Å². The lowest BCUT2D eigenvalue weighted by Gasteiger charge is -2.31. The van der Waals surface area contributed by atoms with Gasteiger partial charge in [-0.3, -0.25) is 0 Å². The molecule has 0 aromatic heterocycles. The second-order valence-electron chi connectivity index (χ2n) is 2.29. The monoisotopic (exact) mass is 249 g/mol. The van der Waals surface area contributed by atoms with Crippen molar-refractivity contribution in [3.05, 3.63) is 4.91 Å². The second-order valence-corrected chi connectivity index (χ2v) is 2.29. The zero-order valence-corrected chi connectivity index (χ0v) is 6.26. The molecular weight excluding hydrogens is 249 g/mol. The Morgan fingerprint density at radius 3 is 0.800 bits per heavy atom. The molecule has 0 amide bonds. The summed E-state index contributed by atoms with van der Waals surface area (Å²) < 4.78 is 105. The van der Waals surface area contributed by atoms with Crippen molar-refractivity contribution in [2.45, 2.75) is 24.1 Å². The van der Waals surface area contributed by atoms with Crippen LogP contribution in [-0.4, -0.2) is 24.1 Å². The first-order valence-corrected chi connectivity index (χ1v) is 2.86. The van der Waals surface area contributed by atoms with E-state index in [0.29, 0.717) is 0 Å². The van der Waals surface area contributed by atoms with Gasteiger partial charge in [0.1, 0.15) is 0 Å². The number of nitrogens with zero attached hydrogens (tertiary/aromatic N) is 1. The average molecular weight is 249 g/mol. The summed E-state index contributed by atoms with van der Waals surface area (Å²) in [5.41, 5.74) is -6.58. The van der Waals surface area contributed by atoms with E-state index in [0.717, 1.165) is 0 Å². The van der Waals surface area contributed by atoms with Gasteiger partial charge < -0.3 is 0 Å². The molecule has 0 spiro atoms. The standard InChI is InChI=1S/C4F9NO/c5-2(6,7)1(14-15,3(8,9)10)4(11,12)13. The van der Waals surface area contributed by atoms with Gasteiger partial charge in [0.15, 0.2) is 0 Å². The number of rotatable bonds is 1. The minimum Gasteiger partial charge on any atom is -0.167 e. The molecule has 0 aliphatic heterocycles. The molecule has 0 aromatic carbocycles. The van der Waals surface area contributed by atoms with Gasteiger partial charge in [-0.25, -0.2) is 0 Å². The van der Waals surface area contributed by atoms with Gasteiger partial charge in [-0.1, -0.05) is 0 Å². The molecule has 90 valence electrons. The van der Waals surface area contributed by atoms with E-state index in [1.165, 1.54) is 0 Å². The number of alkyl halides is 9. The summed E-state index contributed by atoms with van der Waals surface area (Å²) in [5.74, 6) is 0. The van der Waals surface area contributed by atoms with Crippen molar-refractivity contribution in [1.29, 1.82) is 0 Å². The normalized spacial score (nSPS) is 15.3. The predicted octanol–water partition coefficient (Wildman–Crippen LogP) is 3.18. The van der Waals surface area contributed by atoms with Crippen LogP contribution >= 0.6 is 0 Å². The van der Waals surface area contributed by atoms with Gasteiger partial charge in [0.25, 0.3) is 0 Å². The van der Waals surface area contributed by atoms with E-state index >= 15 is 0 Å². The van der Waals surface area contributed by atoms with Gasteiger partial charge in [-0.2, -0.15) is 39.5 Å². The van der Waals surface area contributed by atoms with Gasteiger partial charge in [-0.15, -0.1) is 4.91 Å². The first-order valence-electron chi connectivity index (χ1n) is 2.86. The summed E-state index contributed by atoms with van der Waals surface area (Å²) in [6, 6.07) is 0. The van der Waals surface area contributed by atoms with Crippen molar-refractivity contribution in [2.24, 2.45) is 5.18 Å². The zero-order chi connectivity index (χ0) is 12.7. The van der Waals surface area contributed by atoms with Crippen molar-refractivity contribution in [1.82, 2.24) is 0 Å². The van der Waals surface area contributed by atoms with Crippen LogP contribution in [0.4, 0.5) is 39.5 Å². The lowest BCUT2D eigenvalue weighted by atomic mass is 9.99. The summed E-state index contributed by atoms with van der Waals surface area (Å²) >= 11 is 0. The van der Waals surface area contributed by atoms with Crippen LogP contribution in [0, 0.1) is 4.91 Å². The van der Waals surface area contributed by atoms with Gasteiger partial charge in [-0.05, 0) is 5.18 Å². The quantitative estimate of drug-likeness (QED) is 0.518. The van der Waals surface area contributed by atoms with Crippen LogP contribution in [0.15, 0.2) is 5.18 Å². The van der Waals surface area contributed by atoms with Crippen LogP contribution in [0.3, 0.4) is 0 Å². The maximum atomic E-state index is 11.6. The molecule has 0 rings (SSSR count). The third kappa shape index (κ3) is 1.86. The maximum absolute atomic E-state index is 11.6. The van der Waals surface area contributed by atoms with E-state index in [1.54, 1.807) is 0 Å². The Kier molecular flexibility index (Phi) is 3.01. The summed E-state index contributed by atoms with van der Waals surface area (Å²) in [6.07, 6.45) is -20.7. The molecule has 0 atom stereocenters. The van der Waals surface area contributed by atoms with Crippen LogP contribution in [0.2, 0.25) is 0 Å². The Morgan fingerprint density at radius 2 is 0.800 bits per heavy atom.